The molecule has 2 heterocycles. The lowest BCUT2D eigenvalue weighted by molar-refractivity contribution is 0.508. The minimum absolute atomic E-state index is 0.0430. The maximum atomic E-state index is 13.2. The molecule has 0 bridgehead atoms. The Morgan fingerprint density at radius 2 is 2.12 bits per heavy atom. The van der Waals surface area contributed by atoms with Crippen molar-refractivity contribution in [1.82, 2.24) is 14.6 Å². The van der Waals surface area contributed by atoms with Crippen LogP contribution in [0.4, 0.5) is 8.28 Å². The smallest absolute Gasteiger partial charge is 0.198 e. The zero-order valence-electron chi connectivity index (χ0n) is 8.89. The Kier molecular flexibility index (Phi) is 2.82. The van der Waals surface area contributed by atoms with Gasteiger partial charge in [-0.15, -0.1) is 0 Å². The van der Waals surface area contributed by atoms with Crippen molar-refractivity contribution in [3.05, 3.63) is 23.8 Å². The van der Waals surface area contributed by atoms with Gasteiger partial charge in [-0.1, -0.05) is 17.2 Å². The molecule has 0 aliphatic rings. The minimum atomic E-state index is -5.19. The molecule has 17 heavy (non-hydrogen) atoms. The van der Waals surface area contributed by atoms with Gasteiger partial charge in [0, 0.05) is 0 Å². The molecule has 2 aromatic rings. The number of imidazole rings is 1. The third-order valence-corrected chi connectivity index (χ3v) is 2.99. The number of nitrogens with zero attached hydrogens (tertiary/aromatic N) is 3. The SMILES string of the molecule is CCCc1ccc2nc(F)c(S(=O)(=O)F)n2n1. The van der Waals surface area contributed by atoms with Gasteiger partial charge < -0.3 is 0 Å². The van der Waals surface area contributed by atoms with E-state index in [2.05, 4.69) is 10.1 Å². The van der Waals surface area contributed by atoms with Crippen molar-refractivity contribution in [3.63, 3.8) is 0 Å². The summed E-state index contributed by atoms with van der Waals surface area (Å²) in [5, 5.41) is 2.70. The molecule has 0 aliphatic carbocycles. The average Bonchev–Trinajstić information content (AvgIpc) is 2.53. The van der Waals surface area contributed by atoms with Gasteiger partial charge in [0.2, 0.25) is 5.03 Å². The molecular weight excluding hydrogens is 252 g/mol. The van der Waals surface area contributed by atoms with E-state index < -0.39 is 21.2 Å². The number of hydrogen-bond donors (Lipinski definition) is 0. The van der Waals surface area contributed by atoms with Crippen LogP contribution in [0.3, 0.4) is 0 Å². The summed E-state index contributed by atoms with van der Waals surface area (Å²) in [5.74, 6) is -1.38. The number of halogens is 2. The first kappa shape index (κ1) is 11.9. The largest absolute Gasteiger partial charge is 0.354 e. The van der Waals surface area contributed by atoms with Gasteiger partial charge in [0.05, 0.1) is 5.69 Å². The Morgan fingerprint density at radius 1 is 1.41 bits per heavy atom. The van der Waals surface area contributed by atoms with Crippen LogP contribution in [0.25, 0.3) is 5.65 Å². The first-order valence-corrected chi connectivity index (χ1v) is 6.30. The van der Waals surface area contributed by atoms with Gasteiger partial charge in [-0.05, 0) is 18.6 Å². The Balaban J connectivity index is 2.74. The topological polar surface area (TPSA) is 64.3 Å². The summed E-state index contributed by atoms with van der Waals surface area (Å²) < 4.78 is 48.4. The fraction of sp³-hybridized carbons (Fsp3) is 0.333. The second kappa shape index (κ2) is 4.02. The zero-order valence-corrected chi connectivity index (χ0v) is 9.71. The van der Waals surface area contributed by atoms with Crippen LogP contribution in [0.5, 0.6) is 0 Å². The van der Waals surface area contributed by atoms with Crippen molar-refractivity contribution in [2.45, 2.75) is 24.8 Å². The van der Waals surface area contributed by atoms with Crippen LogP contribution < -0.4 is 0 Å². The molecule has 2 aromatic heterocycles. The number of hydrogen-bond acceptors (Lipinski definition) is 4. The van der Waals surface area contributed by atoms with Crippen molar-refractivity contribution < 1.29 is 16.7 Å². The number of rotatable bonds is 3. The molecule has 92 valence electrons. The third-order valence-electron chi connectivity index (χ3n) is 2.19. The Bertz CT molecular complexity index is 666. The van der Waals surface area contributed by atoms with Gasteiger partial charge in [-0.2, -0.15) is 27.4 Å². The molecule has 8 heteroatoms. The van der Waals surface area contributed by atoms with Crippen LogP contribution in [0.1, 0.15) is 19.0 Å². The van der Waals surface area contributed by atoms with E-state index >= 15 is 0 Å². The van der Waals surface area contributed by atoms with Gasteiger partial charge in [-0.25, -0.2) is 0 Å². The van der Waals surface area contributed by atoms with E-state index in [-0.39, 0.29) is 5.65 Å². The van der Waals surface area contributed by atoms with Crippen LogP contribution in [-0.2, 0) is 16.6 Å². The summed E-state index contributed by atoms with van der Waals surface area (Å²) in [7, 11) is -5.19. The van der Waals surface area contributed by atoms with Gasteiger partial charge in [0.15, 0.2) is 5.65 Å². The molecule has 0 aromatic carbocycles. The van der Waals surface area contributed by atoms with E-state index in [9.17, 15) is 16.7 Å². The summed E-state index contributed by atoms with van der Waals surface area (Å²) in [6.07, 6.45) is 1.37. The minimum Gasteiger partial charge on any atom is -0.198 e. The summed E-state index contributed by atoms with van der Waals surface area (Å²) in [6.45, 7) is 1.91. The van der Waals surface area contributed by atoms with Gasteiger partial charge in [0.25, 0.3) is 5.95 Å². The zero-order chi connectivity index (χ0) is 12.6. The Morgan fingerprint density at radius 3 is 2.71 bits per heavy atom. The fourth-order valence-electron chi connectivity index (χ4n) is 1.52. The van der Waals surface area contributed by atoms with E-state index in [1.54, 1.807) is 6.07 Å². The predicted octanol–water partition coefficient (Wildman–Crippen LogP) is 1.48. The molecule has 2 rings (SSSR count). The Hall–Kier alpha value is -1.57. The van der Waals surface area contributed by atoms with E-state index in [0.717, 1.165) is 6.42 Å². The molecule has 0 radical (unpaired) electrons. The van der Waals surface area contributed by atoms with Crippen LogP contribution in [0, 0.1) is 5.95 Å². The van der Waals surface area contributed by atoms with E-state index in [1.807, 2.05) is 6.92 Å². The highest BCUT2D eigenvalue weighted by atomic mass is 32.3. The van der Waals surface area contributed by atoms with Crippen molar-refractivity contribution in [2.24, 2.45) is 0 Å². The van der Waals surface area contributed by atoms with E-state index in [4.69, 9.17) is 0 Å². The van der Waals surface area contributed by atoms with Crippen molar-refractivity contribution in [1.29, 1.82) is 0 Å². The molecule has 0 saturated heterocycles. The maximum Gasteiger partial charge on any atom is 0.354 e. The second-order valence-corrected chi connectivity index (χ2v) is 4.75. The number of aromatic nitrogens is 3. The molecule has 0 spiro atoms. The summed E-state index contributed by atoms with van der Waals surface area (Å²) in [6, 6.07) is 3.00. The molecule has 0 aliphatic heterocycles. The molecular formula is C9H9F2N3O2S. The van der Waals surface area contributed by atoms with E-state index in [1.165, 1.54) is 6.07 Å². The Labute approximate surface area is 96.3 Å². The quantitative estimate of drug-likeness (QED) is 0.785. The highest BCUT2D eigenvalue weighted by molar-refractivity contribution is 7.86. The second-order valence-electron chi connectivity index (χ2n) is 3.49. The van der Waals surface area contributed by atoms with Gasteiger partial charge in [0.1, 0.15) is 0 Å². The third kappa shape index (κ3) is 2.12. The molecule has 0 N–H and O–H groups in total. The highest BCUT2D eigenvalue weighted by Crippen LogP contribution is 2.18. The normalized spacial score (nSPS) is 12.2. The standard InChI is InChI=1S/C9H9F2N3O2S/c1-2-3-6-4-5-7-12-8(10)9(14(7)13-6)17(11,15)16/h4-5H,2-3H2,1H3. The van der Waals surface area contributed by atoms with E-state index in [0.29, 0.717) is 16.6 Å². The van der Waals surface area contributed by atoms with Gasteiger partial charge >= 0.3 is 10.2 Å². The van der Waals surface area contributed by atoms with Crippen molar-refractivity contribution in [2.75, 3.05) is 0 Å². The fourth-order valence-corrected chi connectivity index (χ4v) is 2.11. The lowest BCUT2D eigenvalue weighted by Gasteiger charge is -2.00. The molecule has 0 saturated carbocycles. The van der Waals surface area contributed by atoms with Crippen LogP contribution in [0.2, 0.25) is 0 Å². The average molecular weight is 261 g/mol. The van der Waals surface area contributed by atoms with Crippen molar-refractivity contribution >= 4 is 15.9 Å². The van der Waals surface area contributed by atoms with Crippen LogP contribution in [-0.4, -0.2) is 23.0 Å². The summed E-state index contributed by atoms with van der Waals surface area (Å²) in [4.78, 5) is 3.30. The maximum absolute atomic E-state index is 13.2. The number of aryl methyl sites for hydroxylation is 1. The molecule has 0 fully saturated rings. The highest BCUT2D eigenvalue weighted by Gasteiger charge is 2.26. The predicted molar refractivity (Wildman–Crippen MR) is 55.2 cm³/mol. The van der Waals surface area contributed by atoms with Crippen molar-refractivity contribution in [3.8, 4) is 0 Å². The summed E-state index contributed by atoms with van der Waals surface area (Å²) in [5.41, 5.74) is 0.501. The lowest BCUT2D eigenvalue weighted by atomic mass is 10.2. The summed E-state index contributed by atoms with van der Waals surface area (Å²) >= 11 is 0. The first-order valence-electron chi connectivity index (χ1n) is 4.92. The molecule has 0 unspecified atom stereocenters. The molecule has 0 atom stereocenters. The monoisotopic (exact) mass is 261 g/mol. The number of fused-ring (bicyclic) bond motifs is 1. The lowest BCUT2D eigenvalue weighted by Crippen LogP contribution is -2.05. The molecule has 5 nitrogen and oxygen atoms in total. The van der Waals surface area contributed by atoms with Crippen LogP contribution in [0.15, 0.2) is 17.2 Å². The van der Waals surface area contributed by atoms with Gasteiger partial charge in [-0.3, -0.25) is 0 Å². The van der Waals surface area contributed by atoms with Crippen LogP contribution >= 0.6 is 0 Å². The first-order chi connectivity index (χ1) is 7.93. The molecule has 0 amide bonds.